The van der Waals surface area contributed by atoms with Crippen LogP contribution < -0.4 is 0 Å². The normalized spacial score (nSPS) is 25.5. The van der Waals surface area contributed by atoms with Gasteiger partial charge in [-0.3, -0.25) is 9.88 Å². The number of halogens is 3. The lowest BCUT2D eigenvalue weighted by molar-refractivity contribution is -0.141. The summed E-state index contributed by atoms with van der Waals surface area (Å²) in [6, 6.07) is 2.82. The van der Waals surface area contributed by atoms with E-state index in [0.29, 0.717) is 24.0 Å². The lowest BCUT2D eigenvalue weighted by Crippen LogP contribution is -2.48. The molecule has 1 unspecified atom stereocenters. The third-order valence-corrected chi connectivity index (χ3v) is 6.12. The van der Waals surface area contributed by atoms with Crippen molar-refractivity contribution in [3.05, 3.63) is 29.8 Å². The van der Waals surface area contributed by atoms with Gasteiger partial charge in [-0.05, 0) is 45.2 Å². The summed E-state index contributed by atoms with van der Waals surface area (Å²) in [4.78, 5) is 10.7. The Balaban J connectivity index is 1.53. The Bertz CT molecular complexity index is 884. The van der Waals surface area contributed by atoms with Crippen LogP contribution in [0.1, 0.15) is 56.6 Å². The molecule has 2 fully saturated rings. The van der Waals surface area contributed by atoms with E-state index in [1.165, 1.54) is 12.3 Å². The Labute approximate surface area is 179 Å². The van der Waals surface area contributed by atoms with E-state index in [1.54, 1.807) is 0 Å². The number of aromatic nitrogens is 4. The topological polar surface area (TPSA) is 76.3 Å². The summed E-state index contributed by atoms with van der Waals surface area (Å²) in [5.41, 5.74) is -0.452. The van der Waals surface area contributed by atoms with Gasteiger partial charge in [-0.25, -0.2) is 9.67 Å². The molecule has 1 aliphatic carbocycles. The third kappa shape index (κ3) is 4.75. The largest absolute Gasteiger partial charge is 0.433 e. The first-order valence-corrected chi connectivity index (χ1v) is 10.7. The number of aliphatic hydroxyl groups excluding tert-OH is 1. The first kappa shape index (κ1) is 22.2. The Morgan fingerprint density at radius 3 is 2.71 bits per heavy atom. The summed E-state index contributed by atoms with van der Waals surface area (Å²) < 4.78 is 45.9. The van der Waals surface area contributed by atoms with Crippen molar-refractivity contribution in [2.45, 2.75) is 63.4 Å². The zero-order valence-electron chi connectivity index (χ0n) is 17.7. The van der Waals surface area contributed by atoms with E-state index in [0.717, 1.165) is 44.2 Å². The van der Waals surface area contributed by atoms with E-state index < -0.39 is 11.9 Å². The number of morpholine rings is 1. The van der Waals surface area contributed by atoms with Crippen molar-refractivity contribution in [1.29, 1.82) is 0 Å². The van der Waals surface area contributed by atoms with Crippen LogP contribution in [0, 0.1) is 0 Å². The van der Waals surface area contributed by atoms with Gasteiger partial charge in [0.25, 0.3) is 0 Å². The van der Waals surface area contributed by atoms with Crippen molar-refractivity contribution < 1.29 is 23.0 Å². The number of hydrogen-bond donors (Lipinski definition) is 1. The maximum absolute atomic E-state index is 12.8. The van der Waals surface area contributed by atoms with E-state index in [4.69, 9.17) is 9.72 Å². The second-order valence-corrected chi connectivity index (χ2v) is 8.60. The standard InChI is InChI=1S/C21H28F3N5O2/c1-13(2)29-20(14-3-5-16(9-14)28-7-8-31-17(11-28)12-30)26-19(27-29)15-4-6-18(25-10-15)21(22,23)24/h4,6,10,13-14,16-17,30H,3,5,7-9,11-12H2,1-2H3/t14-,16?,17-/m0/s1. The van der Waals surface area contributed by atoms with Crippen molar-refractivity contribution in [2.75, 3.05) is 26.3 Å². The Morgan fingerprint density at radius 1 is 1.26 bits per heavy atom. The van der Waals surface area contributed by atoms with Gasteiger partial charge in [0.05, 0.1) is 19.3 Å². The van der Waals surface area contributed by atoms with Crippen molar-refractivity contribution in [2.24, 2.45) is 0 Å². The molecule has 170 valence electrons. The number of aliphatic hydroxyl groups is 1. The summed E-state index contributed by atoms with van der Waals surface area (Å²) in [6.45, 7) is 6.28. The molecule has 4 rings (SSSR count). The maximum Gasteiger partial charge on any atom is 0.433 e. The SMILES string of the molecule is CC(C)n1nc(-c2ccc(C(F)(F)F)nc2)nc1[C@H]1CCC(N2CCO[C@H](CO)C2)C1. The number of alkyl halides is 3. The molecule has 0 amide bonds. The second-order valence-electron chi connectivity index (χ2n) is 8.60. The smallest absolute Gasteiger partial charge is 0.394 e. The Morgan fingerprint density at radius 2 is 2.06 bits per heavy atom. The summed E-state index contributed by atoms with van der Waals surface area (Å²) in [7, 11) is 0. The molecule has 0 aromatic carbocycles. The van der Waals surface area contributed by atoms with Crippen LogP contribution in [0.2, 0.25) is 0 Å². The van der Waals surface area contributed by atoms with E-state index in [2.05, 4.69) is 15.0 Å². The van der Waals surface area contributed by atoms with E-state index >= 15 is 0 Å². The van der Waals surface area contributed by atoms with Crippen LogP contribution in [-0.4, -0.2) is 68.2 Å². The number of ether oxygens (including phenoxy) is 1. The van der Waals surface area contributed by atoms with Crippen molar-refractivity contribution >= 4 is 0 Å². The van der Waals surface area contributed by atoms with E-state index in [-0.39, 0.29) is 24.7 Å². The molecule has 7 nitrogen and oxygen atoms in total. The van der Waals surface area contributed by atoms with Gasteiger partial charge in [-0.1, -0.05) is 0 Å². The maximum atomic E-state index is 12.8. The molecule has 1 N–H and O–H groups in total. The number of nitrogens with zero attached hydrogens (tertiary/aromatic N) is 5. The second kappa shape index (κ2) is 8.84. The van der Waals surface area contributed by atoms with E-state index in [1.807, 2.05) is 18.5 Å². The van der Waals surface area contributed by atoms with E-state index in [9.17, 15) is 18.3 Å². The molecule has 31 heavy (non-hydrogen) atoms. The summed E-state index contributed by atoms with van der Waals surface area (Å²) in [5, 5.41) is 14.0. The minimum absolute atomic E-state index is 0.0266. The molecule has 0 radical (unpaired) electrons. The highest BCUT2D eigenvalue weighted by Crippen LogP contribution is 2.38. The fourth-order valence-electron chi connectivity index (χ4n) is 4.52. The van der Waals surface area contributed by atoms with Crippen LogP contribution in [0.4, 0.5) is 13.2 Å². The number of rotatable bonds is 5. The molecule has 10 heteroatoms. The zero-order valence-corrected chi connectivity index (χ0v) is 17.7. The highest BCUT2D eigenvalue weighted by molar-refractivity contribution is 5.53. The molecule has 0 spiro atoms. The molecule has 1 aliphatic heterocycles. The van der Waals surface area contributed by atoms with Gasteiger partial charge in [-0.2, -0.15) is 18.3 Å². The third-order valence-electron chi connectivity index (χ3n) is 6.12. The van der Waals surface area contributed by atoms with Gasteiger partial charge in [0.1, 0.15) is 11.5 Å². The zero-order chi connectivity index (χ0) is 22.2. The first-order valence-electron chi connectivity index (χ1n) is 10.7. The molecular weight excluding hydrogens is 411 g/mol. The van der Waals surface area contributed by atoms with Gasteiger partial charge < -0.3 is 9.84 Å². The molecular formula is C21H28F3N5O2. The molecule has 0 bridgehead atoms. The van der Waals surface area contributed by atoms with Gasteiger partial charge in [0, 0.05) is 42.9 Å². The van der Waals surface area contributed by atoms with Crippen LogP contribution in [0.25, 0.3) is 11.4 Å². The Kier molecular flexibility index (Phi) is 6.32. The van der Waals surface area contributed by atoms with Crippen LogP contribution in [0.5, 0.6) is 0 Å². The highest BCUT2D eigenvalue weighted by Gasteiger charge is 2.36. The predicted molar refractivity (Wildman–Crippen MR) is 107 cm³/mol. The molecule has 2 aliphatic rings. The lowest BCUT2D eigenvalue weighted by Gasteiger charge is -2.36. The van der Waals surface area contributed by atoms with Crippen molar-refractivity contribution in [1.82, 2.24) is 24.6 Å². The first-order chi connectivity index (χ1) is 14.8. The van der Waals surface area contributed by atoms with Crippen LogP contribution in [0.15, 0.2) is 18.3 Å². The van der Waals surface area contributed by atoms with Crippen LogP contribution in [0.3, 0.4) is 0 Å². The minimum Gasteiger partial charge on any atom is -0.394 e. The lowest BCUT2D eigenvalue weighted by atomic mass is 10.1. The van der Waals surface area contributed by atoms with Gasteiger partial charge in [-0.15, -0.1) is 0 Å². The molecule has 3 atom stereocenters. The fourth-order valence-corrected chi connectivity index (χ4v) is 4.52. The van der Waals surface area contributed by atoms with Crippen LogP contribution in [-0.2, 0) is 10.9 Å². The summed E-state index contributed by atoms with van der Waals surface area (Å²) in [6.07, 6.45) is -0.471. The molecule has 1 saturated heterocycles. The summed E-state index contributed by atoms with van der Waals surface area (Å²) >= 11 is 0. The molecule has 2 aromatic heterocycles. The fraction of sp³-hybridized carbons (Fsp3) is 0.667. The quantitative estimate of drug-likeness (QED) is 0.771. The van der Waals surface area contributed by atoms with Gasteiger partial charge in [0.2, 0.25) is 0 Å². The summed E-state index contributed by atoms with van der Waals surface area (Å²) in [5.74, 6) is 1.51. The van der Waals surface area contributed by atoms with Crippen molar-refractivity contribution in [3.8, 4) is 11.4 Å². The molecule has 3 heterocycles. The highest BCUT2D eigenvalue weighted by atomic mass is 19.4. The van der Waals surface area contributed by atoms with Gasteiger partial charge in [0.15, 0.2) is 5.82 Å². The monoisotopic (exact) mass is 439 g/mol. The molecule has 2 aromatic rings. The Hall–Kier alpha value is -2.04. The van der Waals surface area contributed by atoms with Crippen LogP contribution >= 0.6 is 0 Å². The molecule has 1 saturated carbocycles. The van der Waals surface area contributed by atoms with Gasteiger partial charge >= 0.3 is 6.18 Å². The van der Waals surface area contributed by atoms with Crippen molar-refractivity contribution in [3.63, 3.8) is 0 Å². The predicted octanol–water partition coefficient (Wildman–Crippen LogP) is 3.27. The number of pyridine rings is 1. The average Bonchev–Trinajstić information content (AvgIpc) is 3.41. The number of hydrogen-bond acceptors (Lipinski definition) is 6. The minimum atomic E-state index is -4.47. The average molecular weight is 439 g/mol.